The van der Waals surface area contributed by atoms with Crippen molar-refractivity contribution < 1.29 is 9.85 Å². The zero-order valence-corrected chi connectivity index (χ0v) is 21.2. The Kier molecular flexibility index (Phi) is 8.56. The molecule has 4 rings (SSSR count). The standard InChI is InChI=1S/C24H17Cl2N9O4/c25-18-8-6-15(10-20(18)34(36)37)13-27-32-23-12-22(29-17-4-2-1-3-5-17)30-24(31-23)33-28-14-16-7-9-19(26)21(11-16)35(38)39/h1-14H,(H3,29,30,31,32,33). The van der Waals surface area contributed by atoms with E-state index in [-0.39, 0.29) is 33.2 Å². The van der Waals surface area contributed by atoms with Gasteiger partial charge in [0.15, 0.2) is 5.82 Å². The van der Waals surface area contributed by atoms with Crippen molar-refractivity contribution in [3.63, 3.8) is 0 Å². The van der Waals surface area contributed by atoms with E-state index >= 15 is 0 Å². The van der Waals surface area contributed by atoms with Crippen LogP contribution >= 0.6 is 23.2 Å². The maximum Gasteiger partial charge on any atom is 0.288 e. The van der Waals surface area contributed by atoms with E-state index in [0.29, 0.717) is 16.9 Å². The molecule has 0 saturated heterocycles. The Morgan fingerprint density at radius 2 is 1.26 bits per heavy atom. The summed E-state index contributed by atoms with van der Waals surface area (Å²) in [5, 5.41) is 33.5. The minimum atomic E-state index is -0.588. The summed E-state index contributed by atoms with van der Waals surface area (Å²) in [4.78, 5) is 29.7. The predicted molar refractivity (Wildman–Crippen MR) is 150 cm³/mol. The van der Waals surface area contributed by atoms with Crippen LogP contribution in [-0.2, 0) is 0 Å². The van der Waals surface area contributed by atoms with Crippen LogP contribution in [0.2, 0.25) is 10.0 Å². The molecule has 39 heavy (non-hydrogen) atoms. The van der Waals surface area contributed by atoms with Gasteiger partial charge in [0.1, 0.15) is 15.9 Å². The van der Waals surface area contributed by atoms with Crippen LogP contribution in [0.5, 0.6) is 0 Å². The molecule has 0 fully saturated rings. The molecule has 0 radical (unpaired) electrons. The Bertz CT molecular complexity index is 1490. The van der Waals surface area contributed by atoms with Crippen LogP contribution < -0.4 is 16.2 Å². The van der Waals surface area contributed by atoms with Crippen molar-refractivity contribution in [1.29, 1.82) is 0 Å². The molecule has 1 aromatic heterocycles. The van der Waals surface area contributed by atoms with Crippen molar-refractivity contribution in [3.8, 4) is 0 Å². The molecule has 0 unspecified atom stereocenters. The van der Waals surface area contributed by atoms with Gasteiger partial charge in [-0.25, -0.2) is 5.43 Å². The molecule has 0 aliphatic heterocycles. The third-order valence-electron chi connectivity index (χ3n) is 4.88. The van der Waals surface area contributed by atoms with E-state index in [1.165, 1.54) is 36.7 Å². The number of nitrogens with zero attached hydrogens (tertiary/aromatic N) is 6. The fraction of sp³-hybridized carbons (Fsp3) is 0. The number of para-hydroxylation sites is 1. The highest BCUT2D eigenvalue weighted by molar-refractivity contribution is 6.33. The van der Waals surface area contributed by atoms with Crippen LogP contribution in [0, 0.1) is 20.2 Å². The lowest BCUT2D eigenvalue weighted by molar-refractivity contribution is -0.384. The molecule has 0 saturated carbocycles. The van der Waals surface area contributed by atoms with Gasteiger partial charge in [-0.15, -0.1) is 0 Å². The first-order valence-electron chi connectivity index (χ1n) is 11.0. The zero-order valence-electron chi connectivity index (χ0n) is 19.7. The molecule has 4 aromatic rings. The van der Waals surface area contributed by atoms with Crippen LogP contribution in [0.1, 0.15) is 11.1 Å². The van der Waals surface area contributed by atoms with Gasteiger partial charge in [-0.05, 0) is 24.3 Å². The number of nitrogens with one attached hydrogen (secondary N) is 3. The van der Waals surface area contributed by atoms with Crippen LogP contribution in [0.25, 0.3) is 0 Å². The minimum absolute atomic E-state index is 0.0117. The average Bonchev–Trinajstić information content (AvgIpc) is 2.91. The molecule has 0 atom stereocenters. The fourth-order valence-electron chi connectivity index (χ4n) is 3.13. The molecule has 15 heteroatoms. The second kappa shape index (κ2) is 12.4. The summed E-state index contributed by atoms with van der Waals surface area (Å²) in [5.41, 5.74) is 6.57. The van der Waals surface area contributed by atoms with Gasteiger partial charge in [0, 0.05) is 35.0 Å². The monoisotopic (exact) mass is 565 g/mol. The van der Waals surface area contributed by atoms with E-state index in [9.17, 15) is 20.2 Å². The van der Waals surface area contributed by atoms with E-state index in [2.05, 4.69) is 36.3 Å². The molecule has 13 nitrogen and oxygen atoms in total. The number of halogens is 2. The summed E-state index contributed by atoms with van der Waals surface area (Å²) >= 11 is 11.7. The van der Waals surface area contributed by atoms with Gasteiger partial charge in [-0.2, -0.15) is 20.2 Å². The molecule has 3 aromatic carbocycles. The molecule has 1 heterocycles. The van der Waals surface area contributed by atoms with E-state index in [4.69, 9.17) is 23.2 Å². The van der Waals surface area contributed by atoms with Crippen LogP contribution in [0.15, 0.2) is 83.0 Å². The summed E-state index contributed by atoms with van der Waals surface area (Å²) in [6.45, 7) is 0. The Hall–Kier alpha value is -5.14. The van der Waals surface area contributed by atoms with Gasteiger partial charge < -0.3 is 5.32 Å². The zero-order chi connectivity index (χ0) is 27.8. The summed E-state index contributed by atoms with van der Waals surface area (Å²) in [5.74, 6) is 0.745. The van der Waals surface area contributed by atoms with Gasteiger partial charge >= 0.3 is 0 Å². The first-order chi connectivity index (χ1) is 18.8. The van der Waals surface area contributed by atoms with Crippen molar-refractivity contribution in [3.05, 3.63) is 114 Å². The number of nitro groups is 2. The molecule has 0 spiro atoms. The molecular weight excluding hydrogens is 549 g/mol. The van der Waals surface area contributed by atoms with Gasteiger partial charge in [0.2, 0.25) is 5.95 Å². The minimum Gasteiger partial charge on any atom is -0.340 e. The number of benzene rings is 3. The second-order valence-electron chi connectivity index (χ2n) is 7.63. The lowest BCUT2D eigenvalue weighted by atomic mass is 10.2. The summed E-state index contributed by atoms with van der Waals surface area (Å²) in [6, 6.07) is 19.4. The molecular formula is C24H17Cl2N9O4. The SMILES string of the molecule is O=[N+]([O-])c1cc(C=NNc2cc(Nc3ccccc3)nc(NN=Cc3ccc(Cl)c([N+](=O)[O-])c3)n2)ccc1Cl. The predicted octanol–water partition coefficient (Wildman–Crippen LogP) is 6.24. The van der Waals surface area contributed by atoms with E-state index < -0.39 is 9.85 Å². The van der Waals surface area contributed by atoms with Crippen LogP contribution in [0.4, 0.5) is 34.6 Å². The number of hydrazone groups is 2. The highest BCUT2D eigenvalue weighted by Gasteiger charge is 2.13. The lowest BCUT2D eigenvalue weighted by Crippen LogP contribution is -2.04. The maximum absolute atomic E-state index is 11.1. The molecule has 0 amide bonds. The van der Waals surface area contributed by atoms with Gasteiger partial charge in [0.05, 0.1) is 22.3 Å². The van der Waals surface area contributed by atoms with Gasteiger partial charge in [0.25, 0.3) is 11.4 Å². The second-order valence-corrected chi connectivity index (χ2v) is 8.44. The van der Waals surface area contributed by atoms with Crippen LogP contribution in [0.3, 0.4) is 0 Å². The molecule has 0 aliphatic carbocycles. The summed E-state index contributed by atoms with van der Waals surface area (Å²) in [6.07, 6.45) is 2.72. The molecule has 196 valence electrons. The van der Waals surface area contributed by atoms with Crippen LogP contribution in [-0.4, -0.2) is 32.2 Å². The number of nitro benzene ring substituents is 2. The normalized spacial score (nSPS) is 11.0. The summed E-state index contributed by atoms with van der Waals surface area (Å²) in [7, 11) is 0. The van der Waals surface area contributed by atoms with Gasteiger partial charge in [-0.1, -0.05) is 53.5 Å². The Balaban J connectivity index is 1.55. The number of aromatic nitrogens is 2. The first-order valence-corrected chi connectivity index (χ1v) is 11.7. The maximum atomic E-state index is 11.1. The highest BCUT2D eigenvalue weighted by Crippen LogP contribution is 2.25. The van der Waals surface area contributed by atoms with Crippen molar-refractivity contribution in [2.45, 2.75) is 0 Å². The summed E-state index contributed by atoms with van der Waals surface area (Å²) < 4.78 is 0. The lowest BCUT2D eigenvalue weighted by Gasteiger charge is -2.09. The molecule has 0 bridgehead atoms. The Morgan fingerprint density at radius 3 is 1.82 bits per heavy atom. The van der Waals surface area contributed by atoms with Crippen molar-refractivity contribution >= 4 is 70.3 Å². The van der Waals surface area contributed by atoms with E-state index in [0.717, 1.165) is 5.69 Å². The smallest absolute Gasteiger partial charge is 0.288 e. The first kappa shape index (κ1) is 26.9. The van der Waals surface area contributed by atoms with Crippen molar-refractivity contribution in [1.82, 2.24) is 9.97 Å². The third-order valence-corrected chi connectivity index (χ3v) is 5.52. The molecule has 0 aliphatic rings. The number of anilines is 4. The van der Waals surface area contributed by atoms with Crippen molar-refractivity contribution in [2.75, 3.05) is 16.2 Å². The fourth-order valence-corrected chi connectivity index (χ4v) is 3.50. The number of hydrogen-bond donors (Lipinski definition) is 3. The van der Waals surface area contributed by atoms with E-state index in [1.54, 1.807) is 18.2 Å². The third kappa shape index (κ3) is 7.44. The molecule has 3 N–H and O–H groups in total. The quantitative estimate of drug-likeness (QED) is 0.114. The topological polar surface area (TPSA) is 173 Å². The Labute approximate surface area is 230 Å². The Morgan fingerprint density at radius 1 is 0.718 bits per heavy atom. The largest absolute Gasteiger partial charge is 0.340 e. The van der Waals surface area contributed by atoms with Crippen molar-refractivity contribution in [2.24, 2.45) is 10.2 Å². The number of rotatable bonds is 10. The highest BCUT2D eigenvalue weighted by atomic mass is 35.5. The average molecular weight is 566 g/mol. The van der Waals surface area contributed by atoms with Gasteiger partial charge in [-0.3, -0.25) is 25.7 Å². The number of hydrogen-bond acceptors (Lipinski definition) is 11. The van der Waals surface area contributed by atoms with E-state index in [1.807, 2.05) is 30.3 Å².